The van der Waals surface area contributed by atoms with E-state index in [1.54, 1.807) is 7.11 Å². The molecule has 0 fully saturated rings. The zero-order valence-electron chi connectivity index (χ0n) is 18.4. The third-order valence-corrected chi connectivity index (χ3v) is 5.68. The third-order valence-electron chi connectivity index (χ3n) is 4.96. The maximum absolute atomic E-state index is 5.62. The van der Waals surface area contributed by atoms with Gasteiger partial charge in [0.05, 0.1) is 26.4 Å². The minimum atomic E-state index is 0.597. The van der Waals surface area contributed by atoms with Gasteiger partial charge in [0.15, 0.2) is 37.9 Å². The highest BCUT2D eigenvalue weighted by Gasteiger charge is 2.07. The van der Waals surface area contributed by atoms with E-state index < -0.39 is 0 Å². The molecule has 0 aliphatic carbocycles. The molecule has 1 radical (unpaired) electrons. The van der Waals surface area contributed by atoms with E-state index in [4.69, 9.17) is 26.0 Å². The van der Waals surface area contributed by atoms with E-state index in [2.05, 4.69) is 82.5 Å². The van der Waals surface area contributed by atoms with Crippen LogP contribution >= 0.6 is 7.23 Å². The predicted molar refractivity (Wildman–Crippen MR) is 131 cm³/mol. The molecule has 0 saturated heterocycles. The maximum Gasteiger partial charge on any atom is 0.236 e. The fourth-order valence-electron chi connectivity index (χ4n) is 3.17. The van der Waals surface area contributed by atoms with Gasteiger partial charge in [-0.15, -0.1) is 0 Å². The summed E-state index contributed by atoms with van der Waals surface area (Å²) in [5.41, 5.74) is 4.84. The highest BCUT2D eigenvalue weighted by atomic mass is 32.4. The highest BCUT2D eigenvalue weighted by Crippen LogP contribution is 2.15. The zero-order valence-corrected chi connectivity index (χ0v) is 20.1. The van der Waals surface area contributed by atoms with E-state index >= 15 is 0 Å². The summed E-state index contributed by atoms with van der Waals surface area (Å²) < 4.78 is 20.3. The molecule has 0 unspecified atom stereocenters. The molecule has 0 bridgehead atoms. The first kappa shape index (κ1) is 24.6. The smallest absolute Gasteiger partial charge is 0.236 e. The van der Waals surface area contributed by atoms with Gasteiger partial charge in [0.25, 0.3) is 0 Å². The second-order valence-electron chi connectivity index (χ2n) is 7.28. The molecule has 0 aliphatic heterocycles. The van der Waals surface area contributed by atoms with Crippen molar-refractivity contribution in [3.8, 4) is 11.1 Å². The van der Waals surface area contributed by atoms with Crippen molar-refractivity contribution >= 4 is 31.5 Å². The van der Waals surface area contributed by atoms with Crippen LogP contribution in [-0.2, 0) is 39.1 Å². The van der Waals surface area contributed by atoms with Crippen LogP contribution < -0.4 is 14.6 Å². The summed E-state index contributed by atoms with van der Waals surface area (Å²) in [6.07, 6.45) is 8.44. The van der Waals surface area contributed by atoms with Gasteiger partial charge in [-0.25, -0.2) is 9.13 Å². The molecular formula is C24H29BN2O3PS+2. The molecule has 3 aromatic rings. The molecule has 5 nitrogen and oxygen atoms in total. The van der Waals surface area contributed by atoms with Gasteiger partial charge in [0.2, 0.25) is 7.00 Å². The van der Waals surface area contributed by atoms with Crippen LogP contribution in [0.4, 0.5) is 0 Å². The summed E-state index contributed by atoms with van der Waals surface area (Å²) in [6.45, 7) is 6.77. The van der Waals surface area contributed by atoms with Crippen molar-refractivity contribution < 1.29 is 23.3 Å². The minimum absolute atomic E-state index is 0.597. The lowest BCUT2D eigenvalue weighted by atomic mass is 9.93. The number of ether oxygens (including phenoxy) is 3. The Morgan fingerprint density at radius 1 is 0.750 bits per heavy atom. The molecule has 0 aliphatic rings. The monoisotopic (exact) mass is 467 g/mol. The molecule has 0 N–H and O–H groups in total. The number of hydrogen-bond acceptors (Lipinski definition) is 4. The standard InChI is InChI=1S/C24H29BN2O3PS/c1-28-16-17-30-19-18-29-15-14-26-10-6-22(7-11-26)23-8-12-27(13-9-23)20-21-2-4-24(5-3-21)25-31-32/h2-13H,14-20H2,1H3/q+2. The third kappa shape index (κ3) is 8.49. The van der Waals surface area contributed by atoms with Crippen LogP contribution in [0.2, 0.25) is 0 Å². The molecule has 2 aromatic heterocycles. The quantitative estimate of drug-likeness (QED) is 0.158. The van der Waals surface area contributed by atoms with Gasteiger partial charge in [-0.3, -0.25) is 0 Å². The van der Waals surface area contributed by atoms with Gasteiger partial charge >= 0.3 is 0 Å². The van der Waals surface area contributed by atoms with Gasteiger partial charge in [-0.1, -0.05) is 48.8 Å². The van der Waals surface area contributed by atoms with Crippen molar-refractivity contribution in [2.75, 3.05) is 40.1 Å². The molecule has 1 aromatic carbocycles. The predicted octanol–water partition coefficient (Wildman–Crippen LogP) is 2.31. The van der Waals surface area contributed by atoms with Crippen LogP contribution in [0.15, 0.2) is 73.3 Å². The topological polar surface area (TPSA) is 35.5 Å². The summed E-state index contributed by atoms with van der Waals surface area (Å²) in [5, 5.41) is 0. The van der Waals surface area contributed by atoms with Crippen LogP contribution in [0, 0.1) is 0 Å². The first-order valence-corrected chi connectivity index (χ1v) is 12.6. The number of rotatable bonds is 14. The Hall–Kier alpha value is -2.02. The number of pyridine rings is 2. The molecule has 165 valence electrons. The van der Waals surface area contributed by atoms with Gasteiger partial charge < -0.3 is 14.2 Å². The Morgan fingerprint density at radius 2 is 1.31 bits per heavy atom. The minimum Gasteiger partial charge on any atom is -0.382 e. The van der Waals surface area contributed by atoms with Crippen molar-refractivity contribution in [2.45, 2.75) is 13.1 Å². The summed E-state index contributed by atoms with van der Waals surface area (Å²) in [6, 6.07) is 17.1. The van der Waals surface area contributed by atoms with Crippen LogP contribution in [0.25, 0.3) is 11.1 Å². The number of nitrogens with zero attached hydrogens (tertiary/aromatic N) is 2. The summed E-state index contributed by atoms with van der Waals surface area (Å²) in [4.78, 5) is 0. The van der Waals surface area contributed by atoms with Crippen molar-refractivity contribution in [3.63, 3.8) is 0 Å². The van der Waals surface area contributed by atoms with E-state index in [9.17, 15) is 0 Å². The molecule has 32 heavy (non-hydrogen) atoms. The van der Waals surface area contributed by atoms with Gasteiger partial charge in [0, 0.05) is 36.9 Å². The zero-order chi connectivity index (χ0) is 22.4. The van der Waals surface area contributed by atoms with Crippen LogP contribution in [0.3, 0.4) is 0 Å². The van der Waals surface area contributed by atoms with Crippen LogP contribution in [0.5, 0.6) is 0 Å². The maximum atomic E-state index is 5.62. The van der Waals surface area contributed by atoms with Crippen molar-refractivity contribution in [1.29, 1.82) is 0 Å². The lowest BCUT2D eigenvalue weighted by molar-refractivity contribution is -0.698. The SMILES string of the molecule is COCCOCCOCC[n+]1ccc(-c2cc[n+](Cc3ccc([B]P=S)cc3)cc2)cc1. The highest BCUT2D eigenvalue weighted by molar-refractivity contribution is 8.09. The van der Waals surface area contributed by atoms with Crippen LogP contribution in [0.1, 0.15) is 5.56 Å². The lowest BCUT2D eigenvalue weighted by Crippen LogP contribution is -2.35. The molecule has 0 spiro atoms. The average molecular weight is 467 g/mol. The molecule has 3 rings (SSSR count). The summed E-state index contributed by atoms with van der Waals surface area (Å²) in [7, 11) is 2.54. The molecule has 2 heterocycles. The number of benzene rings is 1. The van der Waals surface area contributed by atoms with E-state index in [1.807, 2.05) is 7.00 Å². The molecule has 8 heteroatoms. The Labute approximate surface area is 198 Å². The fraction of sp³-hybridized carbons (Fsp3) is 0.333. The van der Waals surface area contributed by atoms with Crippen LogP contribution in [-0.4, -0.2) is 47.1 Å². The van der Waals surface area contributed by atoms with E-state index in [0.717, 1.165) is 20.3 Å². The van der Waals surface area contributed by atoms with E-state index in [0.29, 0.717) is 33.0 Å². The second kappa shape index (κ2) is 14.2. The Kier molecular flexibility index (Phi) is 10.9. The Balaban J connectivity index is 1.44. The summed E-state index contributed by atoms with van der Waals surface area (Å²) in [5.74, 6) is 0. The van der Waals surface area contributed by atoms with Gasteiger partial charge in [-0.2, -0.15) is 0 Å². The first-order chi connectivity index (χ1) is 15.8. The summed E-state index contributed by atoms with van der Waals surface area (Å²) >= 11 is 4.97. The number of aromatic nitrogens is 2. The Morgan fingerprint density at radius 3 is 1.91 bits per heavy atom. The molecule has 0 amide bonds. The first-order valence-electron chi connectivity index (χ1n) is 10.7. The van der Waals surface area contributed by atoms with Crippen molar-refractivity contribution in [3.05, 3.63) is 78.9 Å². The molecule has 0 atom stereocenters. The van der Waals surface area contributed by atoms with Gasteiger partial charge in [0.1, 0.15) is 6.61 Å². The number of methoxy groups -OCH3 is 1. The normalized spacial score (nSPS) is 11.0. The van der Waals surface area contributed by atoms with Crippen molar-refractivity contribution in [1.82, 2.24) is 0 Å². The molecule has 0 saturated carbocycles. The number of hydrogen-bond donors (Lipinski definition) is 0. The van der Waals surface area contributed by atoms with E-state index in [1.165, 1.54) is 22.2 Å². The molecular weight excluding hydrogens is 438 g/mol. The van der Waals surface area contributed by atoms with E-state index in [-0.39, 0.29) is 0 Å². The Bertz CT molecular complexity index is 941. The largest absolute Gasteiger partial charge is 0.382 e. The van der Waals surface area contributed by atoms with Crippen molar-refractivity contribution in [2.24, 2.45) is 0 Å². The second-order valence-corrected chi connectivity index (χ2v) is 8.38. The van der Waals surface area contributed by atoms with Gasteiger partial charge in [-0.05, 0) is 11.1 Å². The fourth-order valence-corrected chi connectivity index (χ4v) is 3.83. The lowest BCUT2D eigenvalue weighted by Gasteiger charge is -2.04. The average Bonchev–Trinajstić information content (AvgIpc) is 2.83.